The molecule has 1 aromatic heterocycles. The van der Waals surface area contributed by atoms with Crippen LogP contribution in [0.2, 0.25) is 0 Å². The monoisotopic (exact) mass is 383 g/mol. The number of likely N-dealkylation sites (N-methyl/N-ethyl adjacent to an activating group) is 1. The van der Waals surface area contributed by atoms with Crippen molar-refractivity contribution in [2.75, 3.05) is 13.6 Å². The number of carbonyl (C=O) groups is 1. The molecule has 3 nitrogen and oxygen atoms in total. The Hall–Kier alpha value is -2.50. The summed E-state index contributed by atoms with van der Waals surface area (Å²) in [6.45, 7) is 3.22. The highest BCUT2D eigenvalue weighted by molar-refractivity contribution is 7.10. The SMILES string of the molecule is Cc1ccc(C[NH+](C)CC(=O)N[C@@H](c2ccc(F)cc2)c2cccs2)cc1. The van der Waals surface area contributed by atoms with Crippen molar-refractivity contribution in [1.82, 2.24) is 5.32 Å². The zero-order valence-corrected chi connectivity index (χ0v) is 16.4. The quantitative estimate of drug-likeness (QED) is 0.646. The van der Waals surface area contributed by atoms with Gasteiger partial charge in [-0.1, -0.05) is 48.0 Å². The standard InChI is InChI=1S/C22H23FN2OS/c1-16-5-7-17(8-6-16)14-25(2)15-21(26)24-22(20-4-3-13-27-20)18-9-11-19(23)12-10-18/h3-13,22H,14-15H2,1-2H3,(H,24,26)/p+1/t22-/m0/s1. The Labute approximate surface area is 163 Å². The van der Waals surface area contributed by atoms with Crippen LogP contribution >= 0.6 is 11.3 Å². The van der Waals surface area contributed by atoms with E-state index in [1.54, 1.807) is 23.5 Å². The molecule has 3 rings (SSSR count). The van der Waals surface area contributed by atoms with Gasteiger partial charge < -0.3 is 10.2 Å². The van der Waals surface area contributed by atoms with Crippen LogP contribution in [0.5, 0.6) is 0 Å². The topological polar surface area (TPSA) is 33.5 Å². The smallest absolute Gasteiger partial charge is 0.275 e. The molecule has 27 heavy (non-hydrogen) atoms. The Kier molecular flexibility index (Phi) is 6.37. The normalized spacial score (nSPS) is 13.1. The summed E-state index contributed by atoms with van der Waals surface area (Å²) in [5.41, 5.74) is 3.31. The van der Waals surface area contributed by atoms with E-state index in [9.17, 15) is 9.18 Å². The maximum atomic E-state index is 13.3. The van der Waals surface area contributed by atoms with Crippen LogP contribution in [0.15, 0.2) is 66.0 Å². The number of carbonyl (C=O) groups excluding carboxylic acids is 1. The van der Waals surface area contributed by atoms with Crippen LogP contribution < -0.4 is 10.2 Å². The minimum absolute atomic E-state index is 0.0256. The molecule has 1 unspecified atom stereocenters. The van der Waals surface area contributed by atoms with E-state index in [4.69, 9.17) is 0 Å². The van der Waals surface area contributed by atoms with Gasteiger partial charge in [-0.2, -0.15) is 0 Å². The van der Waals surface area contributed by atoms with E-state index in [-0.39, 0.29) is 17.8 Å². The average Bonchev–Trinajstić information content (AvgIpc) is 3.17. The van der Waals surface area contributed by atoms with Crippen LogP contribution in [-0.2, 0) is 11.3 Å². The Bertz CT molecular complexity index is 860. The summed E-state index contributed by atoms with van der Waals surface area (Å²) in [5.74, 6) is -0.306. The molecule has 140 valence electrons. The number of aryl methyl sites for hydroxylation is 1. The Morgan fingerprint density at radius 1 is 1.11 bits per heavy atom. The molecule has 1 amide bonds. The van der Waals surface area contributed by atoms with E-state index in [1.807, 2.05) is 24.6 Å². The molecule has 0 saturated carbocycles. The summed E-state index contributed by atoms with van der Waals surface area (Å²) in [6.07, 6.45) is 0. The van der Waals surface area contributed by atoms with Gasteiger partial charge in [0.1, 0.15) is 12.4 Å². The summed E-state index contributed by atoms with van der Waals surface area (Å²) < 4.78 is 13.3. The van der Waals surface area contributed by atoms with Crippen molar-refractivity contribution >= 4 is 17.2 Å². The molecule has 0 bridgehead atoms. The van der Waals surface area contributed by atoms with Gasteiger partial charge >= 0.3 is 0 Å². The van der Waals surface area contributed by atoms with Crippen LogP contribution in [-0.4, -0.2) is 19.5 Å². The number of rotatable bonds is 7. The highest BCUT2D eigenvalue weighted by Crippen LogP contribution is 2.26. The Morgan fingerprint density at radius 3 is 2.44 bits per heavy atom. The molecule has 5 heteroatoms. The third-order valence-electron chi connectivity index (χ3n) is 4.43. The fourth-order valence-corrected chi connectivity index (χ4v) is 3.83. The fourth-order valence-electron chi connectivity index (χ4n) is 3.03. The van der Waals surface area contributed by atoms with Crippen molar-refractivity contribution in [3.05, 3.63) is 93.4 Å². The number of halogens is 1. The second kappa shape index (κ2) is 8.93. The maximum absolute atomic E-state index is 13.3. The predicted molar refractivity (Wildman–Crippen MR) is 107 cm³/mol. The molecule has 2 N–H and O–H groups in total. The van der Waals surface area contributed by atoms with E-state index in [0.717, 1.165) is 21.9 Å². The number of amides is 1. The molecular weight excluding hydrogens is 359 g/mol. The summed E-state index contributed by atoms with van der Waals surface area (Å²) in [6, 6.07) is 18.4. The second-order valence-electron chi connectivity index (χ2n) is 6.86. The summed E-state index contributed by atoms with van der Waals surface area (Å²) in [5, 5.41) is 5.09. The Balaban J connectivity index is 1.65. The zero-order valence-electron chi connectivity index (χ0n) is 15.5. The Morgan fingerprint density at radius 2 is 1.81 bits per heavy atom. The lowest BCUT2D eigenvalue weighted by Crippen LogP contribution is -3.08. The molecule has 0 aliphatic heterocycles. The van der Waals surface area contributed by atoms with E-state index >= 15 is 0 Å². The van der Waals surface area contributed by atoms with E-state index < -0.39 is 0 Å². The third kappa shape index (κ3) is 5.49. The number of hydrogen-bond acceptors (Lipinski definition) is 2. The highest BCUT2D eigenvalue weighted by atomic mass is 32.1. The van der Waals surface area contributed by atoms with Gasteiger partial charge in [0.15, 0.2) is 6.54 Å². The first kappa shape index (κ1) is 19.3. The molecular formula is C22H24FN2OS+. The molecule has 0 aliphatic rings. The summed E-state index contributed by atoms with van der Waals surface area (Å²) in [4.78, 5) is 14.8. The fraction of sp³-hybridized carbons (Fsp3) is 0.227. The van der Waals surface area contributed by atoms with E-state index in [2.05, 4.69) is 36.5 Å². The molecule has 0 fully saturated rings. The average molecular weight is 384 g/mol. The van der Waals surface area contributed by atoms with Crippen molar-refractivity contribution in [2.24, 2.45) is 0 Å². The maximum Gasteiger partial charge on any atom is 0.275 e. The lowest BCUT2D eigenvalue weighted by molar-refractivity contribution is -0.885. The first-order valence-electron chi connectivity index (χ1n) is 8.96. The van der Waals surface area contributed by atoms with Crippen molar-refractivity contribution in [1.29, 1.82) is 0 Å². The van der Waals surface area contributed by atoms with Crippen LogP contribution in [0, 0.1) is 12.7 Å². The lowest BCUT2D eigenvalue weighted by Gasteiger charge is -2.20. The molecule has 0 saturated heterocycles. The van der Waals surface area contributed by atoms with Crippen LogP contribution in [0.4, 0.5) is 4.39 Å². The summed E-state index contributed by atoms with van der Waals surface area (Å²) >= 11 is 1.58. The first-order valence-corrected chi connectivity index (χ1v) is 9.84. The zero-order chi connectivity index (χ0) is 19.2. The molecule has 3 aromatic rings. The third-order valence-corrected chi connectivity index (χ3v) is 5.36. The number of hydrogen-bond donors (Lipinski definition) is 2. The van der Waals surface area contributed by atoms with Crippen molar-refractivity contribution in [3.63, 3.8) is 0 Å². The molecule has 0 radical (unpaired) electrons. The molecule has 0 aliphatic carbocycles. The van der Waals surface area contributed by atoms with Gasteiger partial charge in [-0.15, -0.1) is 11.3 Å². The van der Waals surface area contributed by atoms with Crippen molar-refractivity contribution in [3.8, 4) is 0 Å². The number of nitrogens with one attached hydrogen (secondary N) is 2. The molecule has 1 heterocycles. The van der Waals surface area contributed by atoms with Gasteiger partial charge in [-0.3, -0.25) is 4.79 Å². The predicted octanol–water partition coefficient (Wildman–Crippen LogP) is 3.12. The minimum atomic E-state index is -0.280. The minimum Gasteiger partial charge on any atom is -0.339 e. The van der Waals surface area contributed by atoms with Gasteiger partial charge in [-0.25, -0.2) is 4.39 Å². The van der Waals surface area contributed by atoms with Gasteiger partial charge in [0.05, 0.1) is 13.1 Å². The van der Waals surface area contributed by atoms with E-state index in [0.29, 0.717) is 6.54 Å². The van der Waals surface area contributed by atoms with Crippen LogP contribution in [0.25, 0.3) is 0 Å². The molecule has 2 atom stereocenters. The van der Waals surface area contributed by atoms with Gasteiger partial charge in [0.25, 0.3) is 5.91 Å². The van der Waals surface area contributed by atoms with Crippen molar-refractivity contribution < 1.29 is 14.1 Å². The molecule has 2 aromatic carbocycles. The highest BCUT2D eigenvalue weighted by Gasteiger charge is 2.20. The second-order valence-corrected chi connectivity index (χ2v) is 7.84. The largest absolute Gasteiger partial charge is 0.339 e. The number of benzene rings is 2. The summed E-state index contributed by atoms with van der Waals surface area (Å²) in [7, 11) is 2.01. The molecule has 0 spiro atoms. The van der Waals surface area contributed by atoms with Crippen LogP contribution in [0.3, 0.4) is 0 Å². The first-order chi connectivity index (χ1) is 13.0. The number of thiophene rings is 1. The van der Waals surface area contributed by atoms with Gasteiger partial charge in [0.2, 0.25) is 0 Å². The van der Waals surface area contributed by atoms with Gasteiger partial charge in [-0.05, 0) is 36.1 Å². The number of quaternary nitrogens is 1. The van der Waals surface area contributed by atoms with E-state index in [1.165, 1.54) is 23.3 Å². The lowest BCUT2D eigenvalue weighted by atomic mass is 10.1. The van der Waals surface area contributed by atoms with Gasteiger partial charge in [0, 0.05) is 10.4 Å². The van der Waals surface area contributed by atoms with Crippen LogP contribution in [0.1, 0.15) is 27.6 Å². The van der Waals surface area contributed by atoms with Crippen molar-refractivity contribution in [2.45, 2.75) is 19.5 Å².